The molecule has 1 saturated heterocycles. The zero-order valence-electron chi connectivity index (χ0n) is 21.4. The number of hydrogen-bond donors (Lipinski definition) is 2. The molecule has 1 aliphatic carbocycles. The minimum absolute atomic E-state index is 0.0902. The summed E-state index contributed by atoms with van der Waals surface area (Å²) in [6, 6.07) is 10.2. The van der Waals surface area contributed by atoms with Crippen LogP contribution in [0.4, 0.5) is 10.5 Å². The first-order chi connectivity index (χ1) is 17.6. The normalized spacial score (nSPS) is 20.2. The van der Waals surface area contributed by atoms with Crippen LogP contribution in [-0.4, -0.2) is 41.3 Å². The molecule has 2 N–H and O–H groups in total. The SMILES string of the molecule is Cc1cc([C@@H](C)Nc2ccccc2C(=O)O)c2oc(C3=CC[C@]4(CC3)CN(C)C(=O)O4)c(C)c(=O)c2c1. The van der Waals surface area contributed by atoms with Gasteiger partial charge >= 0.3 is 12.1 Å². The van der Waals surface area contributed by atoms with Crippen LogP contribution >= 0.6 is 0 Å². The van der Waals surface area contributed by atoms with Gasteiger partial charge in [-0.25, -0.2) is 9.59 Å². The molecule has 5 rings (SSSR count). The molecule has 1 aromatic heterocycles. The summed E-state index contributed by atoms with van der Waals surface area (Å²) in [7, 11) is 1.73. The number of nitrogens with zero attached hydrogens (tertiary/aromatic N) is 1. The Morgan fingerprint density at radius 2 is 1.95 bits per heavy atom. The van der Waals surface area contributed by atoms with Crippen molar-refractivity contribution >= 4 is 34.3 Å². The largest absolute Gasteiger partial charge is 0.478 e. The average Bonchev–Trinajstić information content (AvgIpc) is 3.14. The molecule has 8 heteroatoms. The molecule has 3 aromatic rings. The minimum atomic E-state index is -1.02. The van der Waals surface area contributed by atoms with Crippen LogP contribution in [0.3, 0.4) is 0 Å². The van der Waals surface area contributed by atoms with Gasteiger partial charge < -0.3 is 24.5 Å². The molecule has 1 aliphatic heterocycles. The van der Waals surface area contributed by atoms with E-state index in [9.17, 15) is 19.5 Å². The molecule has 1 spiro atoms. The van der Waals surface area contributed by atoms with Crippen molar-refractivity contribution in [2.75, 3.05) is 18.9 Å². The zero-order valence-corrected chi connectivity index (χ0v) is 21.4. The number of benzene rings is 2. The number of aryl methyl sites for hydroxylation is 1. The molecule has 0 unspecified atom stereocenters. The number of fused-ring (bicyclic) bond motifs is 1. The second-order valence-electron chi connectivity index (χ2n) is 10.2. The van der Waals surface area contributed by atoms with E-state index < -0.39 is 11.6 Å². The lowest BCUT2D eigenvalue weighted by atomic mass is 9.84. The van der Waals surface area contributed by atoms with Gasteiger partial charge in [-0.3, -0.25) is 4.79 Å². The molecule has 37 heavy (non-hydrogen) atoms. The van der Waals surface area contributed by atoms with Gasteiger partial charge in [-0.05, 0) is 62.9 Å². The van der Waals surface area contributed by atoms with E-state index in [2.05, 4.69) is 5.32 Å². The number of amides is 1. The highest BCUT2D eigenvalue weighted by atomic mass is 16.6. The van der Waals surface area contributed by atoms with Gasteiger partial charge in [0.1, 0.15) is 16.9 Å². The molecular weight excluding hydrogens is 472 g/mol. The zero-order chi connectivity index (χ0) is 26.5. The van der Waals surface area contributed by atoms with Gasteiger partial charge in [-0.1, -0.05) is 24.3 Å². The highest BCUT2D eigenvalue weighted by Crippen LogP contribution is 2.40. The smallest absolute Gasteiger partial charge is 0.410 e. The second kappa shape index (κ2) is 9.10. The van der Waals surface area contributed by atoms with Gasteiger partial charge in [-0.2, -0.15) is 0 Å². The Kier molecular flexibility index (Phi) is 6.06. The van der Waals surface area contributed by atoms with Gasteiger partial charge in [0, 0.05) is 30.3 Å². The van der Waals surface area contributed by atoms with E-state index in [0.717, 1.165) is 16.7 Å². The van der Waals surface area contributed by atoms with E-state index in [1.165, 1.54) is 0 Å². The molecule has 1 fully saturated rings. The lowest BCUT2D eigenvalue weighted by molar-refractivity contribution is 0.0504. The van der Waals surface area contributed by atoms with Crippen molar-refractivity contribution in [2.24, 2.45) is 0 Å². The summed E-state index contributed by atoms with van der Waals surface area (Å²) in [5.74, 6) is -0.469. The fourth-order valence-corrected chi connectivity index (χ4v) is 5.41. The van der Waals surface area contributed by atoms with E-state index >= 15 is 0 Å². The molecule has 1 amide bonds. The number of aromatic carboxylic acids is 1. The molecular formula is C29H30N2O6. The number of para-hydroxylation sites is 1. The predicted octanol–water partition coefficient (Wildman–Crippen LogP) is 5.67. The number of carboxylic acids is 1. The summed E-state index contributed by atoms with van der Waals surface area (Å²) in [4.78, 5) is 38.7. The van der Waals surface area contributed by atoms with Crippen LogP contribution in [0.5, 0.6) is 0 Å². The number of carbonyl (C=O) groups excluding carboxylic acids is 1. The van der Waals surface area contributed by atoms with Crippen molar-refractivity contribution in [1.82, 2.24) is 4.90 Å². The maximum absolute atomic E-state index is 13.5. The highest BCUT2D eigenvalue weighted by Gasteiger charge is 2.44. The van der Waals surface area contributed by atoms with E-state index in [0.29, 0.717) is 53.8 Å². The number of ether oxygens (including phenoxy) is 1. The van der Waals surface area contributed by atoms with Crippen LogP contribution in [0.1, 0.15) is 65.0 Å². The minimum Gasteiger partial charge on any atom is -0.478 e. The predicted molar refractivity (Wildman–Crippen MR) is 141 cm³/mol. The average molecular weight is 503 g/mol. The van der Waals surface area contributed by atoms with Gasteiger partial charge in [0.05, 0.1) is 23.5 Å². The number of likely N-dealkylation sites (N-methyl/N-ethyl adjacent to an activating group) is 1. The maximum Gasteiger partial charge on any atom is 0.410 e. The molecule has 0 saturated carbocycles. The van der Waals surface area contributed by atoms with Crippen LogP contribution in [0.2, 0.25) is 0 Å². The summed E-state index contributed by atoms with van der Waals surface area (Å²) in [5, 5.41) is 13.4. The van der Waals surface area contributed by atoms with E-state index in [4.69, 9.17) is 9.15 Å². The lowest BCUT2D eigenvalue weighted by Crippen LogP contribution is -2.35. The Morgan fingerprint density at radius 3 is 2.59 bits per heavy atom. The number of carboxylic acid groups (broad SMARTS) is 1. The first-order valence-corrected chi connectivity index (χ1v) is 12.4. The first kappa shape index (κ1) is 24.6. The van der Waals surface area contributed by atoms with Crippen molar-refractivity contribution in [1.29, 1.82) is 0 Å². The summed E-state index contributed by atoms with van der Waals surface area (Å²) in [5.41, 5.74) is 3.68. The fourth-order valence-electron chi connectivity index (χ4n) is 5.41. The van der Waals surface area contributed by atoms with Crippen molar-refractivity contribution in [2.45, 2.75) is 51.7 Å². The summed E-state index contributed by atoms with van der Waals surface area (Å²) in [6.45, 7) is 6.16. The molecule has 2 heterocycles. The van der Waals surface area contributed by atoms with Crippen LogP contribution in [0.15, 0.2) is 51.7 Å². The van der Waals surface area contributed by atoms with E-state index in [1.807, 2.05) is 32.1 Å². The highest BCUT2D eigenvalue weighted by molar-refractivity contribution is 5.94. The Morgan fingerprint density at radius 1 is 1.19 bits per heavy atom. The first-order valence-electron chi connectivity index (χ1n) is 12.4. The number of rotatable bonds is 5. The lowest BCUT2D eigenvalue weighted by Gasteiger charge is -2.30. The topological polar surface area (TPSA) is 109 Å². The quantitative estimate of drug-likeness (QED) is 0.463. The van der Waals surface area contributed by atoms with Gasteiger partial charge in [0.15, 0.2) is 5.43 Å². The third-order valence-electron chi connectivity index (χ3n) is 7.39. The summed E-state index contributed by atoms with van der Waals surface area (Å²) in [6.07, 6.45) is 3.55. The van der Waals surface area contributed by atoms with Crippen molar-refractivity contribution < 1.29 is 23.8 Å². The third kappa shape index (κ3) is 4.37. The van der Waals surface area contributed by atoms with E-state index in [1.54, 1.807) is 43.1 Å². The summed E-state index contributed by atoms with van der Waals surface area (Å²) >= 11 is 0. The Labute approximate surface area is 214 Å². The van der Waals surface area contributed by atoms with Crippen molar-refractivity contribution in [3.05, 3.63) is 80.7 Å². The summed E-state index contributed by atoms with van der Waals surface area (Å²) < 4.78 is 12.1. The number of allylic oxidation sites excluding steroid dienone is 1. The van der Waals surface area contributed by atoms with Gasteiger partial charge in [0.2, 0.25) is 0 Å². The Bertz CT molecular complexity index is 1520. The molecule has 2 atom stereocenters. The number of anilines is 1. The maximum atomic E-state index is 13.5. The second-order valence-corrected chi connectivity index (χ2v) is 10.2. The van der Waals surface area contributed by atoms with Crippen LogP contribution in [0.25, 0.3) is 16.5 Å². The van der Waals surface area contributed by atoms with Crippen LogP contribution in [-0.2, 0) is 4.74 Å². The monoisotopic (exact) mass is 502 g/mol. The number of hydrogen-bond acceptors (Lipinski definition) is 6. The van der Waals surface area contributed by atoms with Crippen molar-refractivity contribution in [3.8, 4) is 0 Å². The van der Waals surface area contributed by atoms with Crippen LogP contribution < -0.4 is 10.7 Å². The van der Waals surface area contributed by atoms with Crippen molar-refractivity contribution in [3.63, 3.8) is 0 Å². The molecule has 8 nitrogen and oxygen atoms in total. The third-order valence-corrected chi connectivity index (χ3v) is 7.39. The molecule has 192 valence electrons. The molecule has 0 radical (unpaired) electrons. The van der Waals surface area contributed by atoms with Gasteiger partial charge in [-0.15, -0.1) is 0 Å². The number of carbonyl (C=O) groups is 2. The number of nitrogens with one attached hydrogen (secondary N) is 1. The Hall–Kier alpha value is -4.07. The molecule has 2 aliphatic rings. The van der Waals surface area contributed by atoms with Crippen LogP contribution in [0, 0.1) is 13.8 Å². The molecule has 0 bridgehead atoms. The Balaban J connectivity index is 1.56. The molecule has 2 aromatic carbocycles. The fraction of sp³-hybridized carbons (Fsp3) is 0.345. The van der Waals surface area contributed by atoms with E-state index in [-0.39, 0.29) is 23.1 Å². The van der Waals surface area contributed by atoms with Gasteiger partial charge in [0.25, 0.3) is 0 Å². The standard InChI is InChI=1S/C29H30N2O6/c1-16-13-21(18(3)30-23-8-6-5-7-20(23)27(33)34)26-22(14-16)24(32)17(2)25(36-26)19-9-11-29(12-10-19)15-31(4)28(35)37-29/h5-9,13-14,18,30H,10-12,15H2,1-4H3,(H,33,34)/t18-,29+/m1/s1.